The highest BCUT2D eigenvalue weighted by Gasteiger charge is 2.32. The summed E-state index contributed by atoms with van der Waals surface area (Å²) >= 11 is 5.87. The van der Waals surface area contributed by atoms with Crippen molar-refractivity contribution >= 4 is 29.4 Å². The van der Waals surface area contributed by atoms with Crippen molar-refractivity contribution in [1.29, 1.82) is 0 Å². The summed E-state index contributed by atoms with van der Waals surface area (Å²) in [5, 5.41) is 0.589. The van der Waals surface area contributed by atoms with Crippen LogP contribution in [0.1, 0.15) is 56.3 Å². The van der Waals surface area contributed by atoms with Crippen molar-refractivity contribution in [3.05, 3.63) is 34.9 Å². The average molecular weight is 421 g/mol. The minimum Gasteiger partial charge on any atom is -0.455 e. The van der Waals surface area contributed by atoms with Crippen molar-refractivity contribution in [2.24, 2.45) is 5.92 Å². The molecule has 2 aliphatic rings. The van der Waals surface area contributed by atoms with E-state index in [0.29, 0.717) is 36.5 Å². The summed E-state index contributed by atoms with van der Waals surface area (Å²) in [6.45, 7) is 4.88. The quantitative estimate of drug-likeness (QED) is 0.699. The van der Waals surface area contributed by atoms with Crippen LogP contribution in [0.25, 0.3) is 0 Å². The van der Waals surface area contributed by atoms with Crippen molar-refractivity contribution in [3.63, 3.8) is 0 Å². The van der Waals surface area contributed by atoms with Gasteiger partial charge in [0.05, 0.1) is 5.92 Å². The van der Waals surface area contributed by atoms with Crippen molar-refractivity contribution in [1.82, 2.24) is 9.80 Å². The maximum Gasteiger partial charge on any atom is 0.309 e. The number of halogens is 1. The van der Waals surface area contributed by atoms with E-state index in [-0.39, 0.29) is 42.4 Å². The van der Waals surface area contributed by atoms with E-state index in [0.717, 1.165) is 19.3 Å². The highest BCUT2D eigenvalue weighted by Crippen LogP contribution is 2.24. The molecule has 0 N–H and O–H groups in total. The van der Waals surface area contributed by atoms with E-state index in [1.165, 1.54) is 0 Å². The number of ether oxygens (including phenoxy) is 1. The second kappa shape index (κ2) is 9.61. The highest BCUT2D eigenvalue weighted by atomic mass is 35.5. The first-order valence-electron chi connectivity index (χ1n) is 10.4. The van der Waals surface area contributed by atoms with Crippen LogP contribution in [0.5, 0.6) is 0 Å². The van der Waals surface area contributed by atoms with Crippen LogP contribution in [-0.4, -0.2) is 59.4 Å². The Labute approximate surface area is 177 Å². The summed E-state index contributed by atoms with van der Waals surface area (Å²) in [6, 6.07) is 7.18. The van der Waals surface area contributed by atoms with Gasteiger partial charge in [0.15, 0.2) is 6.61 Å². The van der Waals surface area contributed by atoms with Gasteiger partial charge in [-0.3, -0.25) is 14.4 Å². The highest BCUT2D eigenvalue weighted by molar-refractivity contribution is 6.30. The van der Waals surface area contributed by atoms with Crippen LogP contribution in [0.2, 0.25) is 5.02 Å². The molecule has 2 fully saturated rings. The number of rotatable bonds is 4. The fraction of sp³-hybridized carbons (Fsp3) is 0.591. The monoisotopic (exact) mass is 420 g/mol. The second-order valence-corrected chi connectivity index (χ2v) is 8.55. The average Bonchev–Trinajstić information content (AvgIpc) is 2.72. The van der Waals surface area contributed by atoms with E-state index in [1.807, 2.05) is 18.7 Å². The normalized spacial score (nSPS) is 23.0. The van der Waals surface area contributed by atoms with Crippen LogP contribution in [-0.2, 0) is 14.3 Å². The fourth-order valence-electron chi connectivity index (χ4n) is 4.33. The van der Waals surface area contributed by atoms with Crippen LogP contribution in [0, 0.1) is 5.92 Å². The largest absolute Gasteiger partial charge is 0.455 e. The van der Waals surface area contributed by atoms with Crippen LogP contribution in [0.3, 0.4) is 0 Å². The van der Waals surface area contributed by atoms with Gasteiger partial charge >= 0.3 is 5.97 Å². The lowest BCUT2D eigenvalue weighted by Crippen LogP contribution is -2.49. The lowest BCUT2D eigenvalue weighted by molar-refractivity contribution is -0.158. The number of amides is 2. The summed E-state index contributed by atoms with van der Waals surface area (Å²) in [5.74, 6) is -0.785. The molecule has 3 rings (SSSR count). The molecule has 0 aliphatic carbocycles. The van der Waals surface area contributed by atoms with Crippen molar-refractivity contribution in [2.45, 2.75) is 58.0 Å². The Morgan fingerprint density at radius 1 is 1.00 bits per heavy atom. The van der Waals surface area contributed by atoms with Gasteiger partial charge in [-0.15, -0.1) is 0 Å². The fourth-order valence-corrected chi connectivity index (χ4v) is 4.46. The summed E-state index contributed by atoms with van der Waals surface area (Å²) in [7, 11) is 0. The Morgan fingerprint density at radius 3 is 2.17 bits per heavy atom. The second-order valence-electron chi connectivity index (χ2n) is 8.11. The summed E-state index contributed by atoms with van der Waals surface area (Å²) in [5.41, 5.74) is 0.589. The van der Waals surface area contributed by atoms with Gasteiger partial charge in [0, 0.05) is 35.8 Å². The number of carbonyl (C=O) groups excluding carboxylic acids is 3. The number of nitrogens with zero attached hydrogens (tertiary/aromatic N) is 2. The number of piperidine rings is 2. The maximum absolute atomic E-state index is 12.6. The minimum absolute atomic E-state index is 0.0586. The molecular weight excluding hydrogens is 392 g/mol. The number of carbonyl (C=O) groups is 3. The van der Waals surface area contributed by atoms with Crippen LogP contribution in [0.15, 0.2) is 24.3 Å². The topological polar surface area (TPSA) is 66.9 Å². The number of hydrogen-bond donors (Lipinski definition) is 0. The van der Waals surface area contributed by atoms with Gasteiger partial charge < -0.3 is 14.5 Å². The van der Waals surface area contributed by atoms with Gasteiger partial charge in [-0.1, -0.05) is 11.6 Å². The number of hydrogen-bond acceptors (Lipinski definition) is 4. The lowest BCUT2D eigenvalue weighted by Gasteiger charge is -2.39. The molecule has 0 unspecified atom stereocenters. The first kappa shape index (κ1) is 21.6. The van der Waals surface area contributed by atoms with Gasteiger partial charge in [-0.25, -0.2) is 0 Å². The maximum atomic E-state index is 12.6. The molecule has 2 heterocycles. The molecule has 0 bridgehead atoms. The van der Waals surface area contributed by atoms with E-state index >= 15 is 0 Å². The molecular formula is C22H29ClN2O4. The first-order valence-corrected chi connectivity index (χ1v) is 10.8. The molecule has 0 radical (unpaired) electrons. The molecule has 29 heavy (non-hydrogen) atoms. The third-order valence-electron chi connectivity index (χ3n) is 6.03. The molecule has 0 aromatic heterocycles. The van der Waals surface area contributed by atoms with Gasteiger partial charge in [0.25, 0.3) is 11.8 Å². The Bertz CT molecular complexity index is 734. The standard InChI is InChI=1S/C22H29ClN2O4/c1-15-4-3-5-16(2)25(15)20(26)14-29-22(28)18-10-12-24(13-11-18)21(27)17-6-8-19(23)9-7-17/h6-9,15-16,18H,3-5,10-14H2,1-2H3/t15-,16-/m0/s1. The molecule has 6 nitrogen and oxygen atoms in total. The van der Waals surface area contributed by atoms with Crippen molar-refractivity contribution in [3.8, 4) is 0 Å². The van der Waals surface area contributed by atoms with Crippen LogP contribution < -0.4 is 0 Å². The number of benzene rings is 1. The zero-order valence-corrected chi connectivity index (χ0v) is 17.9. The molecule has 1 aromatic carbocycles. The first-order chi connectivity index (χ1) is 13.9. The van der Waals surface area contributed by atoms with E-state index in [1.54, 1.807) is 29.2 Å². The van der Waals surface area contributed by atoms with E-state index in [4.69, 9.17) is 16.3 Å². The molecule has 2 amide bonds. The Kier molecular flexibility index (Phi) is 7.17. The molecule has 1 aromatic rings. The van der Waals surface area contributed by atoms with Crippen LogP contribution >= 0.6 is 11.6 Å². The minimum atomic E-state index is -0.339. The van der Waals surface area contributed by atoms with Gasteiger partial charge in [0.1, 0.15) is 0 Å². The zero-order chi connectivity index (χ0) is 21.0. The number of esters is 1. The lowest BCUT2D eigenvalue weighted by atomic mass is 9.96. The molecule has 158 valence electrons. The van der Waals surface area contributed by atoms with Crippen LogP contribution in [0.4, 0.5) is 0 Å². The van der Waals surface area contributed by atoms with Gasteiger partial charge in [0.2, 0.25) is 0 Å². The molecule has 2 atom stereocenters. The Morgan fingerprint density at radius 2 is 1.59 bits per heavy atom. The van der Waals surface area contributed by atoms with E-state index in [9.17, 15) is 14.4 Å². The van der Waals surface area contributed by atoms with Crippen molar-refractivity contribution in [2.75, 3.05) is 19.7 Å². The Hall–Kier alpha value is -2.08. The molecule has 2 saturated heterocycles. The van der Waals surface area contributed by atoms with Crippen molar-refractivity contribution < 1.29 is 19.1 Å². The summed E-state index contributed by atoms with van der Waals surface area (Å²) in [6.07, 6.45) is 4.19. The van der Waals surface area contributed by atoms with E-state index < -0.39 is 0 Å². The zero-order valence-electron chi connectivity index (χ0n) is 17.1. The van der Waals surface area contributed by atoms with Gasteiger partial charge in [-0.2, -0.15) is 0 Å². The predicted octanol–water partition coefficient (Wildman–Crippen LogP) is 3.52. The third kappa shape index (κ3) is 5.30. The van der Waals surface area contributed by atoms with Gasteiger partial charge in [-0.05, 0) is 70.2 Å². The summed E-state index contributed by atoms with van der Waals surface area (Å²) < 4.78 is 5.34. The Balaban J connectivity index is 1.45. The molecule has 0 saturated carbocycles. The summed E-state index contributed by atoms with van der Waals surface area (Å²) in [4.78, 5) is 41.1. The SMILES string of the molecule is C[C@H]1CCC[C@H](C)N1C(=O)COC(=O)C1CCN(C(=O)c2ccc(Cl)cc2)CC1. The molecule has 2 aliphatic heterocycles. The molecule has 7 heteroatoms. The van der Waals surface area contributed by atoms with E-state index in [2.05, 4.69) is 0 Å². The smallest absolute Gasteiger partial charge is 0.309 e. The molecule has 0 spiro atoms. The predicted molar refractivity (Wildman–Crippen MR) is 111 cm³/mol. The third-order valence-corrected chi connectivity index (χ3v) is 6.28. The number of likely N-dealkylation sites (tertiary alicyclic amines) is 2.